The van der Waals surface area contributed by atoms with Gasteiger partial charge in [-0.15, -0.1) is 0 Å². The molecule has 0 N–H and O–H groups in total. The zero-order chi connectivity index (χ0) is 24.2. The van der Waals surface area contributed by atoms with Crippen LogP contribution in [0.3, 0.4) is 0 Å². The summed E-state index contributed by atoms with van der Waals surface area (Å²) in [5, 5.41) is 1.02. The maximum Gasteiger partial charge on any atom is 0.178 e. The van der Waals surface area contributed by atoms with Crippen molar-refractivity contribution < 1.29 is 13.2 Å². The van der Waals surface area contributed by atoms with Crippen molar-refractivity contribution in [3.63, 3.8) is 0 Å². The van der Waals surface area contributed by atoms with Crippen LogP contribution in [-0.4, -0.2) is 20.0 Å². The molecular weight excluding hydrogens is 475 g/mol. The number of ketones is 1. The van der Waals surface area contributed by atoms with E-state index >= 15 is 0 Å². The highest BCUT2D eigenvalue weighted by molar-refractivity contribution is 7.91. The van der Waals surface area contributed by atoms with Gasteiger partial charge in [-0.25, -0.2) is 8.42 Å². The zero-order valence-corrected chi connectivity index (χ0v) is 21.4. The quantitative estimate of drug-likeness (QED) is 0.316. The third-order valence-corrected chi connectivity index (χ3v) is 7.80. The van der Waals surface area contributed by atoms with Gasteiger partial charge in [0.15, 0.2) is 9.84 Å². The normalized spacial score (nSPS) is 11.7. The lowest BCUT2D eigenvalue weighted by Crippen LogP contribution is -2.08. The molecule has 0 radical (unpaired) electrons. The second-order valence-corrected chi connectivity index (χ2v) is 11.8. The zero-order valence-electron chi connectivity index (χ0n) is 19.1. The van der Waals surface area contributed by atoms with Gasteiger partial charge in [-0.1, -0.05) is 80.4 Å². The standard InChI is InChI=1S/C27H28Cl2O3S/c1-4-33(31,32)24-11-7-20(8-12-24)14-23(30)15-21-16-25(28)27(26(29)17-21)22-9-5-19(6-10-22)13-18(2)3/h5-12,16-18H,4,13-15H2,1-3H3. The second-order valence-electron chi connectivity index (χ2n) is 8.67. The van der Waals surface area contributed by atoms with Crippen molar-refractivity contribution in [2.45, 2.75) is 44.9 Å². The van der Waals surface area contributed by atoms with E-state index in [2.05, 4.69) is 26.0 Å². The van der Waals surface area contributed by atoms with E-state index in [4.69, 9.17) is 23.2 Å². The van der Waals surface area contributed by atoms with Crippen LogP contribution >= 0.6 is 23.2 Å². The topological polar surface area (TPSA) is 51.2 Å². The summed E-state index contributed by atoms with van der Waals surface area (Å²) < 4.78 is 23.9. The first-order valence-electron chi connectivity index (χ1n) is 11.0. The highest BCUT2D eigenvalue weighted by Gasteiger charge is 2.15. The molecule has 0 atom stereocenters. The van der Waals surface area contributed by atoms with Crippen molar-refractivity contribution in [3.05, 3.63) is 87.4 Å². The van der Waals surface area contributed by atoms with Crippen LogP contribution in [0.15, 0.2) is 65.6 Å². The Kier molecular flexibility index (Phi) is 8.38. The average Bonchev–Trinajstić information content (AvgIpc) is 2.74. The van der Waals surface area contributed by atoms with Crippen molar-refractivity contribution in [2.24, 2.45) is 5.92 Å². The van der Waals surface area contributed by atoms with E-state index in [1.165, 1.54) is 5.56 Å². The number of hydrogen-bond donors (Lipinski definition) is 0. The molecule has 0 aliphatic rings. The Bertz CT molecular complexity index is 1210. The van der Waals surface area contributed by atoms with Crippen LogP contribution in [0.4, 0.5) is 0 Å². The lowest BCUT2D eigenvalue weighted by molar-refractivity contribution is -0.117. The smallest absolute Gasteiger partial charge is 0.178 e. The summed E-state index contributed by atoms with van der Waals surface area (Å²) in [6.07, 6.45) is 1.42. The predicted octanol–water partition coefficient (Wildman–Crippen LogP) is 7.01. The van der Waals surface area contributed by atoms with Gasteiger partial charge in [0.05, 0.1) is 20.7 Å². The molecule has 0 heterocycles. The van der Waals surface area contributed by atoms with Gasteiger partial charge in [0.25, 0.3) is 0 Å². The first-order valence-corrected chi connectivity index (χ1v) is 13.4. The van der Waals surface area contributed by atoms with E-state index in [-0.39, 0.29) is 29.3 Å². The van der Waals surface area contributed by atoms with E-state index in [9.17, 15) is 13.2 Å². The molecule has 0 unspecified atom stereocenters. The summed E-state index contributed by atoms with van der Waals surface area (Å²) >= 11 is 13.1. The maximum atomic E-state index is 12.6. The Hall–Kier alpha value is -2.14. The summed E-state index contributed by atoms with van der Waals surface area (Å²) in [5.74, 6) is 0.631. The van der Waals surface area contributed by atoms with Crippen molar-refractivity contribution in [1.82, 2.24) is 0 Å². The van der Waals surface area contributed by atoms with Gasteiger partial charge >= 0.3 is 0 Å². The number of hydrogen-bond acceptors (Lipinski definition) is 3. The van der Waals surface area contributed by atoms with E-state index < -0.39 is 9.84 Å². The molecule has 0 bridgehead atoms. The molecule has 6 heteroatoms. The van der Waals surface area contributed by atoms with Crippen LogP contribution in [0.1, 0.15) is 37.5 Å². The average molecular weight is 503 g/mol. The molecule has 0 amide bonds. The first-order chi connectivity index (χ1) is 15.6. The number of carbonyl (C=O) groups is 1. The molecule has 3 rings (SSSR count). The monoisotopic (exact) mass is 502 g/mol. The van der Waals surface area contributed by atoms with E-state index in [1.54, 1.807) is 43.3 Å². The fraction of sp³-hybridized carbons (Fsp3) is 0.296. The third-order valence-electron chi connectivity index (χ3n) is 5.45. The molecule has 33 heavy (non-hydrogen) atoms. The molecule has 0 aliphatic carbocycles. The molecule has 0 spiro atoms. The molecule has 0 aromatic heterocycles. The molecule has 174 valence electrons. The highest BCUT2D eigenvalue weighted by Crippen LogP contribution is 2.36. The molecule has 0 saturated heterocycles. The summed E-state index contributed by atoms with van der Waals surface area (Å²) in [6, 6.07) is 18.3. The van der Waals surface area contributed by atoms with Crippen LogP contribution in [0.2, 0.25) is 10.0 Å². The Balaban J connectivity index is 1.71. The van der Waals surface area contributed by atoms with Crippen molar-refractivity contribution in [1.29, 1.82) is 0 Å². The minimum absolute atomic E-state index is 0.000907. The van der Waals surface area contributed by atoms with Crippen LogP contribution in [0, 0.1) is 5.92 Å². The lowest BCUT2D eigenvalue weighted by Gasteiger charge is -2.12. The van der Waals surface area contributed by atoms with E-state index in [0.29, 0.717) is 16.0 Å². The van der Waals surface area contributed by atoms with Gasteiger partial charge in [0.2, 0.25) is 0 Å². The molecular formula is C27H28Cl2O3S. The summed E-state index contributed by atoms with van der Waals surface area (Å²) in [5.41, 5.74) is 4.49. The minimum Gasteiger partial charge on any atom is -0.299 e. The third kappa shape index (κ3) is 6.69. The van der Waals surface area contributed by atoms with Crippen LogP contribution in [0.5, 0.6) is 0 Å². The van der Waals surface area contributed by atoms with E-state index in [0.717, 1.165) is 28.7 Å². The minimum atomic E-state index is -3.25. The van der Waals surface area contributed by atoms with Crippen molar-refractivity contribution in [3.8, 4) is 11.1 Å². The number of sulfone groups is 1. The molecule has 0 fully saturated rings. The summed E-state index contributed by atoms with van der Waals surface area (Å²) in [4.78, 5) is 12.9. The fourth-order valence-electron chi connectivity index (χ4n) is 3.78. The summed E-state index contributed by atoms with van der Waals surface area (Å²) in [7, 11) is -3.25. The number of Topliss-reactive ketones (excluding diaryl/α,β-unsaturated/α-hetero) is 1. The number of halogens is 2. The highest BCUT2D eigenvalue weighted by atomic mass is 35.5. The van der Waals surface area contributed by atoms with Gasteiger partial charge in [0.1, 0.15) is 5.78 Å². The van der Waals surface area contributed by atoms with Gasteiger partial charge < -0.3 is 0 Å². The number of rotatable bonds is 9. The van der Waals surface area contributed by atoms with Crippen molar-refractivity contribution in [2.75, 3.05) is 5.75 Å². The van der Waals surface area contributed by atoms with Gasteiger partial charge in [-0.05, 0) is 58.9 Å². The molecule has 3 aromatic carbocycles. The van der Waals surface area contributed by atoms with E-state index in [1.807, 2.05) is 12.1 Å². The Morgan fingerprint density at radius 1 is 0.818 bits per heavy atom. The Morgan fingerprint density at radius 3 is 1.85 bits per heavy atom. The van der Waals surface area contributed by atoms with Gasteiger partial charge in [-0.2, -0.15) is 0 Å². The molecule has 0 saturated carbocycles. The largest absolute Gasteiger partial charge is 0.299 e. The number of carbonyl (C=O) groups excluding carboxylic acids is 1. The fourth-order valence-corrected chi connectivity index (χ4v) is 5.42. The SMILES string of the molecule is CCS(=O)(=O)c1ccc(CC(=O)Cc2cc(Cl)c(-c3ccc(CC(C)C)cc3)c(Cl)c2)cc1. The van der Waals surface area contributed by atoms with Crippen LogP contribution < -0.4 is 0 Å². The molecule has 0 aliphatic heterocycles. The number of benzene rings is 3. The Labute approximate surface area is 206 Å². The van der Waals surface area contributed by atoms with Crippen molar-refractivity contribution >= 4 is 38.8 Å². The summed E-state index contributed by atoms with van der Waals surface area (Å²) in [6.45, 7) is 5.98. The van der Waals surface area contributed by atoms with Crippen LogP contribution in [-0.2, 0) is 33.9 Å². The predicted molar refractivity (Wildman–Crippen MR) is 137 cm³/mol. The lowest BCUT2D eigenvalue weighted by atomic mass is 9.97. The van der Waals surface area contributed by atoms with Gasteiger partial charge in [0, 0.05) is 18.4 Å². The van der Waals surface area contributed by atoms with Gasteiger partial charge in [-0.3, -0.25) is 4.79 Å². The second kappa shape index (κ2) is 10.9. The molecule has 3 aromatic rings. The van der Waals surface area contributed by atoms with Crippen LogP contribution in [0.25, 0.3) is 11.1 Å². The molecule has 3 nitrogen and oxygen atoms in total. The first kappa shape index (κ1) is 25.5. The maximum absolute atomic E-state index is 12.6. The Morgan fingerprint density at radius 2 is 1.33 bits per heavy atom.